The van der Waals surface area contributed by atoms with Gasteiger partial charge >= 0.3 is 0 Å². The van der Waals surface area contributed by atoms with E-state index in [1.807, 2.05) is 13.1 Å². The van der Waals surface area contributed by atoms with Crippen LogP contribution < -0.4 is 20.1 Å². The van der Waals surface area contributed by atoms with Crippen LogP contribution in [0, 0.1) is 0 Å². The van der Waals surface area contributed by atoms with E-state index in [-0.39, 0.29) is 0 Å². The third kappa shape index (κ3) is 7.29. The summed E-state index contributed by atoms with van der Waals surface area (Å²) in [5.41, 5.74) is 1.23. The molecule has 1 heterocycles. The summed E-state index contributed by atoms with van der Waals surface area (Å²) in [6.07, 6.45) is 3.25. The highest BCUT2D eigenvalue weighted by Crippen LogP contribution is 2.30. The lowest BCUT2D eigenvalue weighted by molar-refractivity contribution is 0.171. The molecule has 0 aliphatic carbocycles. The standard InChI is InChI=1S/C21H36N4O2/c1-5-25(6-2)13-7-8-17(3)24-21(22-4)23-12-11-18-9-10-19-20(16-18)27-15-14-26-19/h9-10,16-17H,5-8,11-15H2,1-4H3,(H2,22,23,24). The highest BCUT2D eigenvalue weighted by atomic mass is 16.6. The van der Waals surface area contributed by atoms with Crippen LogP contribution in [0.5, 0.6) is 11.5 Å². The number of nitrogens with one attached hydrogen (secondary N) is 2. The zero-order chi connectivity index (χ0) is 19.5. The fourth-order valence-corrected chi connectivity index (χ4v) is 3.23. The molecule has 0 bridgehead atoms. The molecule has 0 saturated heterocycles. The van der Waals surface area contributed by atoms with Gasteiger partial charge in [-0.3, -0.25) is 4.99 Å². The van der Waals surface area contributed by atoms with Crippen LogP contribution in [-0.2, 0) is 6.42 Å². The first-order chi connectivity index (χ1) is 13.2. The fourth-order valence-electron chi connectivity index (χ4n) is 3.23. The second-order valence-electron chi connectivity index (χ2n) is 6.94. The van der Waals surface area contributed by atoms with Crippen molar-refractivity contribution in [1.29, 1.82) is 0 Å². The van der Waals surface area contributed by atoms with Gasteiger partial charge < -0.3 is 25.0 Å². The van der Waals surface area contributed by atoms with Gasteiger partial charge in [0.1, 0.15) is 13.2 Å². The lowest BCUT2D eigenvalue weighted by Gasteiger charge is -2.21. The molecule has 0 radical (unpaired) electrons. The maximum atomic E-state index is 5.65. The van der Waals surface area contributed by atoms with E-state index < -0.39 is 0 Å². The Bertz CT molecular complexity index is 588. The minimum atomic E-state index is 0.404. The van der Waals surface area contributed by atoms with Crippen molar-refractivity contribution >= 4 is 5.96 Å². The number of benzene rings is 1. The molecular weight excluding hydrogens is 340 g/mol. The van der Waals surface area contributed by atoms with Gasteiger partial charge in [-0.1, -0.05) is 19.9 Å². The van der Waals surface area contributed by atoms with Crippen LogP contribution in [0.1, 0.15) is 39.2 Å². The lowest BCUT2D eigenvalue weighted by Crippen LogP contribution is -2.43. The van der Waals surface area contributed by atoms with Crippen LogP contribution in [0.2, 0.25) is 0 Å². The van der Waals surface area contributed by atoms with Crippen molar-refractivity contribution in [3.63, 3.8) is 0 Å². The van der Waals surface area contributed by atoms with Crippen LogP contribution in [-0.4, -0.2) is 63.3 Å². The SMILES string of the molecule is CCN(CC)CCCC(C)NC(=NC)NCCc1ccc2c(c1)OCCO2. The zero-order valence-electron chi connectivity index (χ0n) is 17.4. The summed E-state index contributed by atoms with van der Waals surface area (Å²) < 4.78 is 11.2. The first-order valence-electron chi connectivity index (χ1n) is 10.2. The van der Waals surface area contributed by atoms with Crippen LogP contribution >= 0.6 is 0 Å². The minimum Gasteiger partial charge on any atom is -0.486 e. The van der Waals surface area contributed by atoms with E-state index in [9.17, 15) is 0 Å². The van der Waals surface area contributed by atoms with Gasteiger partial charge in [-0.05, 0) is 63.5 Å². The summed E-state index contributed by atoms with van der Waals surface area (Å²) in [4.78, 5) is 6.81. The Morgan fingerprint density at radius 1 is 1.19 bits per heavy atom. The van der Waals surface area contributed by atoms with E-state index in [0.29, 0.717) is 19.3 Å². The van der Waals surface area contributed by atoms with E-state index in [2.05, 4.69) is 53.4 Å². The number of hydrogen-bond donors (Lipinski definition) is 2. The average molecular weight is 377 g/mol. The van der Waals surface area contributed by atoms with Gasteiger partial charge in [-0.25, -0.2) is 0 Å². The number of fused-ring (bicyclic) bond motifs is 1. The average Bonchev–Trinajstić information content (AvgIpc) is 2.70. The second-order valence-corrected chi connectivity index (χ2v) is 6.94. The summed E-state index contributed by atoms with van der Waals surface area (Å²) >= 11 is 0. The smallest absolute Gasteiger partial charge is 0.191 e. The highest BCUT2D eigenvalue weighted by Gasteiger charge is 2.12. The summed E-state index contributed by atoms with van der Waals surface area (Å²) in [7, 11) is 1.82. The van der Waals surface area contributed by atoms with Crippen molar-refractivity contribution < 1.29 is 9.47 Å². The zero-order valence-corrected chi connectivity index (χ0v) is 17.4. The van der Waals surface area contributed by atoms with E-state index in [1.165, 1.54) is 12.0 Å². The number of hydrogen-bond acceptors (Lipinski definition) is 4. The van der Waals surface area contributed by atoms with Crippen LogP contribution in [0.3, 0.4) is 0 Å². The van der Waals surface area contributed by atoms with Gasteiger partial charge in [0.2, 0.25) is 0 Å². The molecule has 27 heavy (non-hydrogen) atoms. The Labute approximate surface area is 164 Å². The van der Waals surface area contributed by atoms with Gasteiger partial charge in [0.05, 0.1) is 0 Å². The lowest BCUT2D eigenvalue weighted by atomic mass is 10.1. The molecule has 0 saturated carbocycles. The minimum absolute atomic E-state index is 0.404. The molecule has 6 nitrogen and oxygen atoms in total. The molecule has 1 aromatic carbocycles. The van der Waals surface area contributed by atoms with Crippen LogP contribution in [0.4, 0.5) is 0 Å². The monoisotopic (exact) mass is 376 g/mol. The summed E-state index contributed by atoms with van der Waals surface area (Å²) in [5, 5.41) is 6.90. The van der Waals surface area contributed by atoms with Gasteiger partial charge in [0.15, 0.2) is 17.5 Å². The van der Waals surface area contributed by atoms with Crippen molar-refractivity contribution in [3.05, 3.63) is 23.8 Å². The highest BCUT2D eigenvalue weighted by molar-refractivity contribution is 5.79. The molecule has 1 aromatic rings. The van der Waals surface area contributed by atoms with E-state index in [1.54, 1.807) is 0 Å². The second kappa shape index (κ2) is 11.7. The van der Waals surface area contributed by atoms with E-state index in [0.717, 1.165) is 56.5 Å². The Balaban J connectivity index is 1.69. The summed E-state index contributed by atoms with van der Waals surface area (Å²) in [5.74, 6) is 2.56. The number of ether oxygens (including phenoxy) is 2. The third-order valence-electron chi connectivity index (χ3n) is 4.93. The van der Waals surface area contributed by atoms with Gasteiger partial charge in [0.25, 0.3) is 0 Å². The van der Waals surface area contributed by atoms with Gasteiger partial charge in [-0.2, -0.15) is 0 Å². The first kappa shape index (κ1) is 21.4. The summed E-state index contributed by atoms with van der Waals surface area (Å²) in [6.45, 7) is 12.1. The topological polar surface area (TPSA) is 58.1 Å². The van der Waals surface area contributed by atoms with Crippen molar-refractivity contribution in [3.8, 4) is 11.5 Å². The Morgan fingerprint density at radius 2 is 1.93 bits per heavy atom. The molecule has 1 unspecified atom stereocenters. The molecule has 2 N–H and O–H groups in total. The number of nitrogens with zero attached hydrogens (tertiary/aromatic N) is 2. The molecular formula is C21H36N4O2. The predicted octanol–water partition coefficient (Wildman–Crippen LogP) is 2.68. The molecule has 0 spiro atoms. The fraction of sp³-hybridized carbons (Fsp3) is 0.667. The van der Waals surface area contributed by atoms with Crippen molar-refractivity contribution in [2.24, 2.45) is 4.99 Å². The number of rotatable bonds is 10. The molecule has 1 aliphatic rings. The maximum absolute atomic E-state index is 5.65. The van der Waals surface area contributed by atoms with E-state index >= 15 is 0 Å². The van der Waals surface area contributed by atoms with Gasteiger partial charge in [-0.15, -0.1) is 0 Å². The van der Waals surface area contributed by atoms with E-state index in [4.69, 9.17) is 9.47 Å². The quantitative estimate of drug-likeness (QED) is 0.486. The molecule has 0 amide bonds. The Kier molecular flexibility index (Phi) is 9.25. The Hall–Kier alpha value is -1.95. The van der Waals surface area contributed by atoms with Crippen LogP contribution in [0.15, 0.2) is 23.2 Å². The molecule has 1 atom stereocenters. The number of guanidine groups is 1. The Morgan fingerprint density at radius 3 is 2.63 bits per heavy atom. The maximum Gasteiger partial charge on any atom is 0.191 e. The van der Waals surface area contributed by atoms with Gasteiger partial charge in [0, 0.05) is 19.6 Å². The van der Waals surface area contributed by atoms with Crippen LogP contribution in [0.25, 0.3) is 0 Å². The molecule has 0 aromatic heterocycles. The number of aliphatic imine (C=N–C) groups is 1. The summed E-state index contributed by atoms with van der Waals surface area (Å²) in [6, 6.07) is 6.57. The largest absolute Gasteiger partial charge is 0.486 e. The normalized spacial score (nSPS) is 14.9. The molecule has 6 heteroatoms. The molecule has 2 rings (SSSR count). The van der Waals surface area contributed by atoms with Crippen molar-refractivity contribution in [2.75, 3.05) is 46.4 Å². The third-order valence-corrected chi connectivity index (χ3v) is 4.93. The molecule has 1 aliphatic heterocycles. The molecule has 152 valence electrons. The van der Waals surface area contributed by atoms with Crippen molar-refractivity contribution in [1.82, 2.24) is 15.5 Å². The predicted molar refractivity (Wildman–Crippen MR) is 112 cm³/mol. The molecule has 0 fully saturated rings. The first-order valence-corrected chi connectivity index (χ1v) is 10.2. The van der Waals surface area contributed by atoms with Crippen molar-refractivity contribution in [2.45, 2.75) is 46.1 Å².